The zero-order valence-electron chi connectivity index (χ0n) is 35.7. The van der Waals surface area contributed by atoms with E-state index in [-0.39, 0.29) is 0 Å². The van der Waals surface area contributed by atoms with Crippen LogP contribution in [0.25, 0.3) is 73.7 Å². The molecule has 12 aromatic rings. The molecule has 0 bridgehead atoms. The fourth-order valence-electron chi connectivity index (χ4n) is 9.46. The predicted octanol–water partition coefficient (Wildman–Crippen LogP) is 18.7. The molecule has 2 aromatic heterocycles. The standard InChI is InChI=1S/C61H42N2S2/c1-41-34-44(36-45(35-41)55-38-51(40-57-53-27-15-17-29-59(53)65-61(55)57)63(48-22-10-4-11-23-48)49-24-12-5-13-25-49)42-30-32-43(33-31-42)54-37-50(39-56-52-26-14-16-28-58(52)64-60(54)56)62(46-18-6-2-7-19-46)47-20-8-3-9-21-47/h2-40H,1H3. The summed E-state index contributed by atoms with van der Waals surface area (Å²) >= 11 is 3.76. The van der Waals surface area contributed by atoms with Crippen molar-refractivity contribution in [2.75, 3.05) is 9.80 Å². The smallest absolute Gasteiger partial charge is 0.0475 e. The first-order chi connectivity index (χ1) is 32.1. The fraction of sp³-hybridized carbons (Fsp3) is 0.0164. The average Bonchev–Trinajstić information content (AvgIpc) is 3.94. The summed E-state index contributed by atoms with van der Waals surface area (Å²) in [7, 11) is 0. The minimum Gasteiger partial charge on any atom is -0.310 e. The second kappa shape index (κ2) is 16.4. The lowest BCUT2D eigenvalue weighted by atomic mass is 9.93. The molecule has 2 nitrogen and oxygen atoms in total. The van der Waals surface area contributed by atoms with Crippen LogP contribution in [-0.4, -0.2) is 0 Å². The third-order valence-corrected chi connectivity index (χ3v) is 14.9. The minimum absolute atomic E-state index is 1.12. The van der Waals surface area contributed by atoms with Gasteiger partial charge in [-0.3, -0.25) is 0 Å². The molecule has 0 atom stereocenters. The molecule has 0 spiro atoms. The Balaban J connectivity index is 0.996. The van der Waals surface area contributed by atoms with Gasteiger partial charge in [0.1, 0.15) is 0 Å². The van der Waals surface area contributed by atoms with Crippen molar-refractivity contribution < 1.29 is 0 Å². The van der Waals surface area contributed by atoms with Crippen LogP contribution in [0.1, 0.15) is 5.56 Å². The van der Waals surface area contributed by atoms with Crippen LogP contribution in [0.2, 0.25) is 0 Å². The van der Waals surface area contributed by atoms with Crippen LogP contribution in [-0.2, 0) is 0 Å². The summed E-state index contributed by atoms with van der Waals surface area (Å²) in [5.74, 6) is 0. The number of aryl methyl sites for hydroxylation is 1. The molecule has 10 aromatic carbocycles. The Bertz CT molecular complexity index is 3570. The maximum Gasteiger partial charge on any atom is 0.0475 e. The van der Waals surface area contributed by atoms with Crippen LogP contribution in [0.5, 0.6) is 0 Å². The van der Waals surface area contributed by atoms with Gasteiger partial charge in [-0.25, -0.2) is 0 Å². The van der Waals surface area contributed by atoms with Gasteiger partial charge in [0.15, 0.2) is 0 Å². The molecule has 0 aliphatic carbocycles. The summed E-state index contributed by atoms with van der Waals surface area (Å²) in [4.78, 5) is 4.76. The zero-order valence-corrected chi connectivity index (χ0v) is 37.4. The van der Waals surface area contributed by atoms with Crippen LogP contribution in [0.4, 0.5) is 34.1 Å². The van der Waals surface area contributed by atoms with Gasteiger partial charge < -0.3 is 9.80 Å². The van der Waals surface area contributed by atoms with Crippen LogP contribution >= 0.6 is 22.7 Å². The molecule has 4 heteroatoms. The molecule has 0 aliphatic heterocycles. The Morgan fingerprint density at radius 1 is 0.277 bits per heavy atom. The van der Waals surface area contributed by atoms with Crippen molar-refractivity contribution >= 4 is 97.1 Å². The maximum absolute atomic E-state index is 2.40. The molecule has 65 heavy (non-hydrogen) atoms. The van der Waals surface area contributed by atoms with E-state index in [0.29, 0.717) is 0 Å². The normalized spacial score (nSPS) is 11.5. The van der Waals surface area contributed by atoms with Crippen LogP contribution < -0.4 is 9.80 Å². The van der Waals surface area contributed by atoms with E-state index in [9.17, 15) is 0 Å². The molecule has 0 radical (unpaired) electrons. The van der Waals surface area contributed by atoms with Gasteiger partial charge in [0.2, 0.25) is 0 Å². The molecule has 12 rings (SSSR count). The number of fused-ring (bicyclic) bond motifs is 6. The monoisotopic (exact) mass is 866 g/mol. The Morgan fingerprint density at radius 2 is 0.646 bits per heavy atom. The first-order valence-electron chi connectivity index (χ1n) is 22.1. The van der Waals surface area contributed by atoms with E-state index in [4.69, 9.17) is 0 Å². The third kappa shape index (κ3) is 7.14. The molecule has 0 fully saturated rings. The molecule has 2 heterocycles. The van der Waals surface area contributed by atoms with Crippen molar-refractivity contribution in [3.63, 3.8) is 0 Å². The van der Waals surface area contributed by atoms with Crippen molar-refractivity contribution in [1.82, 2.24) is 0 Å². The highest BCUT2D eigenvalue weighted by molar-refractivity contribution is 7.26. The molecule has 0 saturated carbocycles. The molecule has 0 unspecified atom stereocenters. The summed E-state index contributed by atoms with van der Waals surface area (Å²) < 4.78 is 5.19. The fourth-order valence-corrected chi connectivity index (χ4v) is 11.9. The van der Waals surface area contributed by atoms with Crippen molar-refractivity contribution in [2.24, 2.45) is 0 Å². The number of thiophene rings is 2. The Labute approximate surface area is 387 Å². The van der Waals surface area contributed by atoms with Gasteiger partial charge in [-0.1, -0.05) is 146 Å². The largest absolute Gasteiger partial charge is 0.310 e. The Kier molecular flexibility index (Phi) is 9.82. The van der Waals surface area contributed by atoms with Crippen molar-refractivity contribution in [2.45, 2.75) is 6.92 Å². The topological polar surface area (TPSA) is 6.48 Å². The Hall–Kier alpha value is -7.76. The number of nitrogens with zero attached hydrogens (tertiary/aromatic N) is 2. The maximum atomic E-state index is 2.40. The first-order valence-corrected chi connectivity index (χ1v) is 23.7. The molecular weight excluding hydrogens is 825 g/mol. The van der Waals surface area contributed by atoms with Gasteiger partial charge in [-0.05, 0) is 126 Å². The summed E-state index contributed by atoms with van der Waals surface area (Å²) in [6.45, 7) is 2.22. The molecule has 0 aliphatic rings. The van der Waals surface area contributed by atoms with Crippen molar-refractivity contribution in [3.8, 4) is 33.4 Å². The lowest BCUT2D eigenvalue weighted by Crippen LogP contribution is -2.09. The first kappa shape index (κ1) is 38.9. The number of anilines is 6. The lowest BCUT2D eigenvalue weighted by Gasteiger charge is -2.26. The minimum atomic E-state index is 1.12. The van der Waals surface area contributed by atoms with Crippen molar-refractivity contribution in [1.29, 1.82) is 0 Å². The Morgan fingerprint density at radius 3 is 1.09 bits per heavy atom. The van der Waals surface area contributed by atoms with Crippen LogP contribution in [0.15, 0.2) is 237 Å². The quantitative estimate of drug-likeness (QED) is 0.143. The van der Waals surface area contributed by atoms with Crippen LogP contribution in [0.3, 0.4) is 0 Å². The predicted molar refractivity (Wildman–Crippen MR) is 283 cm³/mol. The number of para-hydroxylation sites is 4. The number of hydrogen-bond acceptors (Lipinski definition) is 4. The van der Waals surface area contributed by atoms with Gasteiger partial charge in [0, 0.05) is 85.6 Å². The molecule has 0 amide bonds. The van der Waals surface area contributed by atoms with Gasteiger partial charge in [-0.15, -0.1) is 22.7 Å². The number of hydrogen-bond donors (Lipinski definition) is 0. The summed E-state index contributed by atoms with van der Waals surface area (Å²) in [6.07, 6.45) is 0. The van der Waals surface area contributed by atoms with E-state index in [1.54, 1.807) is 0 Å². The molecule has 308 valence electrons. The van der Waals surface area contributed by atoms with E-state index in [1.165, 1.54) is 79.3 Å². The van der Waals surface area contributed by atoms with E-state index < -0.39 is 0 Å². The second-order valence-electron chi connectivity index (χ2n) is 16.6. The summed E-state index contributed by atoms with van der Waals surface area (Å²) in [6, 6.07) is 86.3. The molecule has 0 saturated heterocycles. The highest BCUT2D eigenvalue weighted by Gasteiger charge is 2.21. The summed E-state index contributed by atoms with van der Waals surface area (Å²) in [5, 5.41) is 5.12. The second-order valence-corrected chi connectivity index (χ2v) is 18.7. The average molecular weight is 867 g/mol. The number of rotatable bonds is 9. The van der Waals surface area contributed by atoms with Gasteiger partial charge in [0.05, 0.1) is 0 Å². The van der Waals surface area contributed by atoms with Crippen molar-refractivity contribution in [3.05, 3.63) is 242 Å². The van der Waals surface area contributed by atoms with E-state index >= 15 is 0 Å². The molecule has 0 N–H and O–H groups in total. The van der Waals surface area contributed by atoms with E-state index in [1.807, 2.05) is 22.7 Å². The van der Waals surface area contributed by atoms with Gasteiger partial charge in [0.25, 0.3) is 0 Å². The van der Waals surface area contributed by atoms with Gasteiger partial charge >= 0.3 is 0 Å². The highest BCUT2D eigenvalue weighted by Crippen LogP contribution is 2.48. The van der Waals surface area contributed by atoms with Crippen LogP contribution in [0, 0.1) is 6.92 Å². The van der Waals surface area contributed by atoms with E-state index in [2.05, 4.69) is 253 Å². The number of benzene rings is 10. The van der Waals surface area contributed by atoms with Gasteiger partial charge in [-0.2, -0.15) is 0 Å². The third-order valence-electron chi connectivity index (χ3n) is 12.4. The molecular formula is C61H42N2S2. The lowest BCUT2D eigenvalue weighted by molar-refractivity contribution is 1.29. The SMILES string of the molecule is Cc1cc(-c2ccc(-c3cc(N(c4ccccc4)c4ccccc4)cc4c3sc3ccccc34)cc2)cc(-c2cc(N(c3ccccc3)c3ccccc3)cc3c2sc2ccccc23)c1. The highest BCUT2D eigenvalue weighted by atomic mass is 32.1. The summed E-state index contributed by atoms with van der Waals surface area (Å²) in [5.41, 5.74) is 15.3. The van der Waals surface area contributed by atoms with E-state index in [0.717, 1.165) is 34.1 Å². The zero-order chi connectivity index (χ0) is 43.3.